The highest BCUT2D eigenvalue weighted by Gasteiger charge is 2.13. The second-order valence-electron chi connectivity index (χ2n) is 4.29. The number of hydrogen-bond acceptors (Lipinski definition) is 3. The summed E-state index contributed by atoms with van der Waals surface area (Å²) in [6, 6.07) is 6.37. The molecule has 0 radical (unpaired) electrons. The Kier molecular flexibility index (Phi) is 6.16. The van der Waals surface area contributed by atoms with Crippen LogP contribution in [0.4, 0.5) is 0 Å². The Morgan fingerprint density at radius 3 is 3.06 bits per heavy atom. The average molecular weight is 270 g/mol. The highest BCUT2D eigenvalue weighted by atomic mass is 35.5. The maximum atomic E-state index is 11.3. The van der Waals surface area contributed by atoms with Crippen molar-refractivity contribution < 1.29 is 9.53 Å². The fourth-order valence-electron chi connectivity index (χ4n) is 2.32. The predicted octanol–water partition coefficient (Wildman–Crippen LogP) is 2.25. The highest BCUT2D eigenvalue weighted by Crippen LogP contribution is 2.20. The third kappa shape index (κ3) is 3.72. The SMILES string of the molecule is CCOC(=O)CCc1cccc2c1CCNC2.Cl. The third-order valence-corrected chi connectivity index (χ3v) is 3.14. The van der Waals surface area contributed by atoms with Crippen LogP contribution in [0.2, 0.25) is 0 Å². The van der Waals surface area contributed by atoms with E-state index in [4.69, 9.17) is 4.74 Å². The second kappa shape index (κ2) is 7.39. The molecule has 1 aromatic rings. The van der Waals surface area contributed by atoms with Gasteiger partial charge in [0.2, 0.25) is 0 Å². The van der Waals surface area contributed by atoms with Crippen molar-refractivity contribution in [2.24, 2.45) is 0 Å². The number of carbonyl (C=O) groups excluding carboxylic acids is 1. The molecule has 1 aliphatic rings. The Labute approximate surface area is 114 Å². The molecule has 0 atom stereocenters. The van der Waals surface area contributed by atoms with Crippen molar-refractivity contribution in [1.29, 1.82) is 0 Å². The number of aryl methyl sites for hydroxylation is 1. The van der Waals surface area contributed by atoms with Gasteiger partial charge in [-0.3, -0.25) is 4.79 Å². The molecule has 1 heterocycles. The van der Waals surface area contributed by atoms with E-state index in [1.54, 1.807) is 0 Å². The summed E-state index contributed by atoms with van der Waals surface area (Å²) in [4.78, 5) is 11.3. The first-order chi connectivity index (χ1) is 8.31. The Morgan fingerprint density at radius 2 is 2.28 bits per heavy atom. The van der Waals surface area contributed by atoms with Crippen LogP contribution in [-0.2, 0) is 28.9 Å². The molecular weight excluding hydrogens is 250 g/mol. The van der Waals surface area contributed by atoms with E-state index in [1.807, 2.05) is 6.92 Å². The first-order valence-electron chi connectivity index (χ1n) is 6.27. The average Bonchev–Trinajstić information content (AvgIpc) is 2.36. The molecule has 4 heteroatoms. The number of hydrogen-bond donors (Lipinski definition) is 1. The molecule has 3 nitrogen and oxygen atoms in total. The Bertz CT molecular complexity index is 407. The summed E-state index contributed by atoms with van der Waals surface area (Å²) in [6.07, 6.45) is 2.34. The first kappa shape index (κ1) is 15.0. The van der Waals surface area contributed by atoms with Crippen LogP contribution in [0, 0.1) is 0 Å². The number of halogens is 1. The normalized spacial score (nSPS) is 13.4. The van der Waals surface area contributed by atoms with Crippen LogP contribution in [0.15, 0.2) is 18.2 Å². The van der Waals surface area contributed by atoms with Gasteiger partial charge in [-0.15, -0.1) is 12.4 Å². The van der Waals surface area contributed by atoms with Gasteiger partial charge in [-0.2, -0.15) is 0 Å². The smallest absolute Gasteiger partial charge is 0.306 e. The van der Waals surface area contributed by atoms with Gasteiger partial charge in [0, 0.05) is 13.0 Å². The van der Waals surface area contributed by atoms with Crippen molar-refractivity contribution >= 4 is 18.4 Å². The minimum atomic E-state index is -0.0981. The molecule has 0 bridgehead atoms. The van der Waals surface area contributed by atoms with E-state index in [1.165, 1.54) is 16.7 Å². The van der Waals surface area contributed by atoms with Crippen LogP contribution < -0.4 is 5.32 Å². The fraction of sp³-hybridized carbons (Fsp3) is 0.500. The van der Waals surface area contributed by atoms with Gasteiger partial charge in [0.15, 0.2) is 0 Å². The topological polar surface area (TPSA) is 38.3 Å². The van der Waals surface area contributed by atoms with Gasteiger partial charge in [-0.05, 0) is 43.0 Å². The molecular formula is C14H20ClNO2. The monoisotopic (exact) mass is 269 g/mol. The molecule has 1 aromatic carbocycles. The molecule has 0 aromatic heterocycles. The van der Waals surface area contributed by atoms with Crippen molar-refractivity contribution in [2.75, 3.05) is 13.2 Å². The third-order valence-electron chi connectivity index (χ3n) is 3.14. The van der Waals surface area contributed by atoms with E-state index in [-0.39, 0.29) is 18.4 Å². The van der Waals surface area contributed by atoms with Crippen LogP contribution >= 0.6 is 12.4 Å². The number of rotatable bonds is 4. The second-order valence-corrected chi connectivity index (χ2v) is 4.29. The minimum Gasteiger partial charge on any atom is -0.466 e. The predicted molar refractivity (Wildman–Crippen MR) is 74.1 cm³/mol. The number of esters is 1. The summed E-state index contributed by atoms with van der Waals surface area (Å²) < 4.78 is 4.96. The zero-order valence-electron chi connectivity index (χ0n) is 10.7. The maximum absolute atomic E-state index is 11.3. The van der Waals surface area contributed by atoms with E-state index in [2.05, 4.69) is 23.5 Å². The minimum absolute atomic E-state index is 0. The van der Waals surface area contributed by atoms with Gasteiger partial charge >= 0.3 is 5.97 Å². The summed E-state index contributed by atoms with van der Waals surface area (Å²) in [6.45, 7) is 4.29. The summed E-state index contributed by atoms with van der Waals surface area (Å²) in [5.41, 5.74) is 4.10. The van der Waals surface area contributed by atoms with E-state index < -0.39 is 0 Å². The van der Waals surface area contributed by atoms with Crippen molar-refractivity contribution in [3.8, 4) is 0 Å². The van der Waals surface area contributed by atoms with Gasteiger partial charge in [0.1, 0.15) is 0 Å². The van der Waals surface area contributed by atoms with Crippen LogP contribution in [0.25, 0.3) is 0 Å². The quantitative estimate of drug-likeness (QED) is 0.852. The van der Waals surface area contributed by atoms with E-state index in [0.717, 1.165) is 25.9 Å². The zero-order valence-corrected chi connectivity index (χ0v) is 11.5. The molecule has 2 rings (SSSR count). The van der Waals surface area contributed by atoms with E-state index >= 15 is 0 Å². The van der Waals surface area contributed by atoms with E-state index in [0.29, 0.717) is 13.0 Å². The van der Waals surface area contributed by atoms with Crippen molar-refractivity contribution in [1.82, 2.24) is 5.32 Å². The van der Waals surface area contributed by atoms with Crippen LogP contribution in [0.3, 0.4) is 0 Å². The van der Waals surface area contributed by atoms with Gasteiger partial charge < -0.3 is 10.1 Å². The molecule has 0 amide bonds. The van der Waals surface area contributed by atoms with Crippen LogP contribution in [-0.4, -0.2) is 19.1 Å². The van der Waals surface area contributed by atoms with Gasteiger partial charge in [0.05, 0.1) is 6.61 Å². The largest absolute Gasteiger partial charge is 0.466 e. The van der Waals surface area contributed by atoms with E-state index in [9.17, 15) is 4.79 Å². The summed E-state index contributed by atoms with van der Waals surface area (Å²) in [5, 5.41) is 3.36. The Hall–Kier alpha value is -1.06. The number of carbonyl (C=O) groups is 1. The standard InChI is InChI=1S/C14H19NO2.ClH/c1-2-17-14(16)7-6-11-4-3-5-12-10-15-9-8-13(11)12;/h3-5,15H,2,6-10H2,1H3;1H. The Balaban J connectivity index is 0.00000162. The van der Waals surface area contributed by atoms with Gasteiger partial charge in [-0.25, -0.2) is 0 Å². The number of benzene rings is 1. The van der Waals surface area contributed by atoms with Crippen LogP contribution in [0.5, 0.6) is 0 Å². The molecule has 0 unspecified atom stereocenters. The molecule has 1 aliphatic heterocycles. The fourth-order valence-corrected chi connectivity index (χ4v) is 2.32. The lowest BCUT2D eigenvalue weighted by Crippen LogP contribution is -2.24. The molecule has 1 N–H and O–H groups in total. The molecule has 0 aliphatic carbocycles. The van der Waals surface area contributed by atoms with Crippen molar-refractivity contribution in [3.05, 3.63) is 34.9 Å². The summed E-state index contributed by atoms with van der Waals surface area (Å²) >= 11 is 0. The van der Waals surface area contributed by atoms with Crippen molar-refractivity contribution in [2.45, 2.75) is 32.7 Å². The summed E-state index contributed by atoms with van der Waals surface area (Å²) in [5.74, 6) is -0.0981. The number of ether oxygens (including phenoxy) is 1. The molecule has 0 fully saturated rings. The lowest BCUT2D eigenvalue weighted by molar-refractivity contribution is -0.143. The first-order valence-corrected chi connectivity index (χ1v) is 6.27. The molecule has 0 spiro atoms. The molecule has 0 saturated carbocycles. The number of fused-ring (bicyclic) bond motifs is 1. The molecule has 100 valence electrons. The number of nitrogens with one attached hydrogen (secondary N) is 1. The molecule has 0 saturated heterocycles. The zero-order chi connectivity index (χ0) is 12.1. The highest BCUT2D eigenvalue weighted by molar-refractivity contribution is 5.85. The van der Waals surface area contributed by atoms with Gasteiger partial charge in [-0.1, -0.05) is 18.2 Å². The van der Waals surface area contributed by atoms with Crippen LogP contribution in [0.1, 0.15) is 30.0 Å². The molecule has 18 heavy (non-hydrogen) atoms. The maximum Gasteiger partial charge on any atom is 0.306 e. The van der Waals surface area contributed by atoms with Crippen molar-refractivity contribution in [3.63, 3.8) is 0 Å². The lowest BCUT2D eigenvalue weighted by atomic mass is 9.93. The lowest BCUT2D eigenvalue weighted by Gasteiger charge is -2.20. The summed E-state index contributed by atoms with van der Waals surface area (Å²) in [7, 11) is 0. The Morgan fingerprint density at radius 1 is 1.44 bits per heavy atom. The van der Waals surface area contributed by atoms with Gasteiger partial charge in [0.25, 0.3) is 0 Å².